The summed E-state index contributed by atoms with van der Waals surface area (Å²) in [6.45, 7) is 0. The monoisotopic (exact) mass is 196 g/mol. The molecule has 0 radical (unpaired) electrons. The maximum absolute atomic E-state index is 10.4. The Morgan fingerprint density at radius 1 is 1.54 bits per heavy atom. The van der Waals surface area contributed by atoms with E-state index in [-0.39, 0.29) is 0 Å². The van der Waals surface area contributed by atoms with Gasteiger partial charge in [0, 0.05) is 25.0 Å². The molecule has 0 atom stereocenters. The average Bonchev–Trinajstić information content (AvgIpc) is 2.48. The number of rotatable bonds is 3. The van der Waals surface area contributed by atoms with Crippen molar-refractivity contribution in [3.8, 4) is 0 Å². The molecule has 0 saturated heterocycles. The number of hydrogen-bond donors (Lipinski definition) is 1. The molecule has 1 amide bonds. The number of amides is 1. The van der Waals surface area contributed by atoms with Crippen LogP contribution in [0.2, 0.25) is 0 Å². The van der Waals surface area contributed by atoms with Gasteiger partial charge in [-0.05, 0) is 18.2 Å². The van der Waals surface area contributed by atoms with Crippen molar-refractivity contribution in [2.45, 2.75) is 0 Å². The largest absolute Gasteiger partial charge is 0.370 e. The number of anilines is 1. The van der Waals surface area contributed by atoms with Crippen LogP contribution in [0.3, 0.4) is 0 Å². The fourth-order valence-corrected chi connectivity index (χ4v) is 1.67. The molecule has 0 aliphatic carbocycles. The predicted octanol–water partition coefficient (Wildman–Crippen LogP) is 1.31. The Balaban J connectivity index is 2.75. The summed E-state index contributed by atoms with van der Waals surface area (Å²) >= 11 is 1.61. The van der Waals surface area contributed by atoms with E-state index in [2.05, 4.69) is 0 Å². The van der Waals surface area contributed by atoms with E-state index in [1.54, 1.807) is 17.4 Å². The molecule has 0 aliphatic heterocycles. The second-order valence-electron chi connectivity index (χ2n) is 2.81. The summed E-state index contributed by atoms with van der Waals surface area (Å²) in [6.07, 6.45) is 3.09. The molecule has 0 bridgehead atoms. The van der Waals surface area contributed by atoms with Gasteiger partial charge in [0.15, 0.2) is 0 Å². The van der Waals surface area contributed by atoms with Gasteiger partial charge in [0.2, 0.25) is 5.91 Å². The molecule has 0 aromatic carbocycles. The van der Waals surface area contributed by atoms with Gasteiger partial charge in [0.1, 0.15) is 0 Å². The summed E-state index contributed by atoms with van der Waals surface area (Å²) in [5.41, 5.74) is 4.98. The zero-order chi connectivity index (χ0) is 9.84. The van der Waals surface area contributed by atoms with E-state index >= 15 is 0 Å². The van der Waals surface area contributed by atoms with Crippen LogP contribution >= 0.6 is 11.3 Å². The fourth-order valence-electron chi connectivity index (χ4n) is 0.836. The smallest absolute Gasteiger partial charge is 0.241 e. The van der Waals surface area contributed by atoms with E-state index in [9.17, 15) is 4.79 Å². The maximum Gasteiger partial charge on any atom is 0.241 e. The molecule has 0 fully saturated rings. The van der Waals surface area contributed by atoms with Gasteiger partial charge in [0.05, 0.1) is 5.00 Å². The van der Waals surface area contributed by atoms with Gasteiger partial charge in [-0.3, -0.25) is 4.79 Å². The minimum Gasteiger partial charge on any atom is -0.370 e. The van der Waals surface area contributed by atoms with E-state index in [4.69, 9.17) is 5.73 Å². The van der Waals surface area contributed by atoms with E-state index < -0.39 is 5.91 Å². The Morgan fingerprint density at radius 3 is 2.69 bits per heavy atom. The van der Waals surface area contributed by atoms with Gasteiger partial charge >= 0.3 is 0 Å². The lowest BCUT2D eigenvalue weighted by atomic mass is 10.4. The van der Waals surface area contributed by atoms with Crippen molar-refractivity contribution < 1.29 is 4.79 Å². The average molecular weight is 196 g/mol. The number of carbonyl (C=O) groups is 1. The van der Waals surface area contributed by atoms with Crippen molar-refractivity contribution in [2.24, 2.45) is 5.73 Å². The Labute approximate surface area is 81.5 Å². The second-order valence-corrected chi connectivity index (χ2v) is 3.90. The molecule has 1 heterocycles. The molecule has 3 nitrogen and oxygen atoms in total. The second kappa shape index (κ2) is 4.09. The van der Waals surface area contributed by atoms with Gasteiger partial charge in [0.25, 0.3) is 0 Å². The van der Waals surface area contributed by atoms with Crippen LogP contribution < -0.4 is 10.6 Å². The van der Waals surface area contributed by atoms with Gasteiger partial charge in [-0.2, -0.15) is 0 Å². The third kappa shape index (κ3) is 2.91. The molecule has 0 unspecified atom stereocenters. The van der Waals surface area contributed by atoms with E-state index in [1.807, 2.05) is 31.1 Å². The van der Waals surface area contributed by atoms with Gasteiger partial charge in [-0.15, -0.1) is 11.3 Å². The highest BCUT2D eigenvalue weighted by molar-refractivity contribution is 7.16. The fraction of sp³-hybridized carbons (Fsp3) is 0.222. The molecule has 1 aromatic rings. The van der Waals surface area contributed by atoms with Crippen molar-refractivity contribution in [3.63, 3.8) is 0 Å². The summed E-state index contributed by atoms with van der Waals surface area (Å²) in [4.78, 5) is 13.5. The molecule has 1 aromatic heterocycles. The zero-order valence-corrected chi connectivity index (χ0v) is 8.47. The lowest BCUT2D eigenvalue weighted by molar-refractivity contribution is -0.113. The Morgan fingerprint density at radius 2 is 2.23 bits per heavy atom. The molecule has 70 valence electrons. The van der Waals surface area contributed by atoms with E-state index in [0.717, 1.165) is 9.88 Å². The summed E-state index contributed by atoms with van der Waals surface area (Å²) in [6, 6.07) is 3.96. The number of hydrogen-bond acceptors (Lipinski definition) is 3. The Hall–Kier alpha value is -1.29. The maximum atomic E-state index is 10.4. The van der Waals surface area contributed by atoms with Crippen molar-refractivity contribution in [3.05, 3.63) is 23.1 Å². The number of primary amides is 1. The molecule has 0 saturated carbocycles. The van der Waals surface area contributed by atoms with Crippen molar-refractivity contribution >= 4 is 28.3 Å². The van der Waals surface area contributed by atoms with Crippen LogP contribution in [0.4, 0.5) is 5.00 Å². The number of nitrogens with zero attached hydrogens (tertiary/aromatic N) is 1. The first-order chi connectivity index (χ1) is 6.09. The standard InChI is InChI=1S/C9H12N2OS/c1-11(2)9-6-4-7(13-9)3-5-8(10)12/h3-6H,1-2H3,(H2,10,12)/b5-3+. The predicted molar refractivity (Wildman–Crippen MR) is 56.9 cm³/mol. The summed E-state index contributed by atoms with van der Waals surface area (Å²) in [5.74, 6) is -0.417. The Bertz CT molecular complexity index is 328. The highest BCUT2D eigenvalue weighted by atomic mass is 32.1. The van der Waals surface area contributed by atoms with Gasteiger partial charge in [-0.1, -0.05) is 0 Å². The zero-order valence-electron chi connectivity index (χ0n) is 7.65. The van der Waals surface area contributed by atoms with Crippen LogP contribution in [0.1, 0.15) is 4.88 Å². The summed E-state index contributed by atoms with van der Waals surface area (Å²) in [7, 11) is 3.96. The van der Waals surface area contributed by atoms with Crippen LogP contribution in [0, 0.1) is 0 Å². The van der Waals surface area contributed by atoms with Gasteiger partial charge in [-0.25, -0.2) is 0 Å². The number of thiophene rings is 1. The highest BCUT2D eigenvalue weighted by Gasteiger charge is 1.98. The highest BCUT2D eigenvalue weighted by Crippen LogP contribution is 2.24. The van der Waals surface area contributed by atoms with Crippen LogP contribution in [-0.2, 0) is 4.79 Å². The van der Waals surface area contributed by atoms with Crippen LogP contribution in [0.5, 0.6) is 0 Å². The van der Waals surface area contributed by atoms with Crippen molar-refractivity contribution in [1.29, 1.82) is 0 Å². The molecule has 1 rings (SSSR count). The molecule has 2 N–H and O–H groups in total. The Kier molecular flexibility index (Phi) is 3.08. The lowest BCUT2D eigenvalue weighted by Gasteiger charge is -2.06. The van der Waals surface area contributed by atoms with Crippen LogP contribution in [-0.4, -0.2) is 20.0 Å². The van der Waals surface area contributed by atoms with Crippen molar-refractivity contribution in [2.75, 3.05) is 19.0 Å². The van der Waals surface area contributed by atoms with E-state index in [1.165, 1.54) is 6.08 Å². The molecule has 0 aliphatic rings. The first-order valence-electron chi connectivity index (χ1n) is 3.84. The minimum atomic E-state index is -0.417. The van der Waals surface area contributed by atoms with Gasteiger partial charge < -0.3 is 10.6 Å². The molecule has 4 heteroatoms. The first-order valence-corrected chi connectivity index (χ1v) is 4.66. The lowest BCUT2D eigenvalue weighted by Crippen LogP contribution is -2.05. The van der Waals surface area contributed by atoms with Crippen LogP contribution in [0.15, 0.2) is 18.2 Å². The van der Waals surface area contributed by atoms with Crippen LogP contribution in [0.25, 0.3) is 6.08 Å². The molecular formula is C9H12N2OS. The summed E-state index contributed by atoms with van der Waals surface area (Å²) in [5, 5.41) is 1.16. The summed E-state index contributed by atoms with van der Waals surface area (Å²) < 4.78 is 0. The third-order valence-corrected chi connectivity index (χ3v) is 2.68. The molecule has 0 spiro atoms. The minimum absolute atomic E-state index is 0.417. The SMILES string of the molecule is CN(C)c1ccc(/C=C/C(N)=O)s1. The van der Waals surface area contributed by atoms with E-state index in [0.29, 0.717) is 0 Å². The first kappa shape index (κ1) is 9.80. The molecular weight excluding hydrogens is 184 g/mol. The number of nitrogens with two attached hydrogens (primary N) is 1. The molecule has 13 heavy (non-hydrogen) atoms. The quantitative estimate of drug-likeness (QED) is 0.741. The number of carbonyl (C=O) groups excluding carboxylic acids is 1. The normalized spacial score (nSPS) is 10.6. The third-order valence-electron chi connectivity index (χ3n) is 1.47. The topological polar surface area (TPSA) is 46.3 Å². The van der Waals surface area contributed by atoms with Crippen molar-refractivity contribution in [1.82, 2.24) is 0 Å².